The monoisotopic (exact) mass is 383 g/mol. The summed E-state index contributed by atoms with van der Waals surface area (Å²) in [6.07, 6.45) is 4.24. The second-order valence-corrected chi connectivity index (χ2v) is 7.41. The Morgan fingerprint density at radius 2 is 1.93 bits per heavy atom. The maximum Gasteiger partial charge on any atom is 0.317 e. The minimum absolute atomic E-state index is 0.00124. The van der Waals surface area contributed by atoms with Gasteiger partial charge < -0.3 is 15.5 Å². The molecule has 28 heavy (non-hydrogen) atoms. The number of amides is 3. The maximum absolute atomic E-state index is 12.6. The molecule has 2 aromatic rings. The summed E-state index contributed by atoms with van der Waals surface area (Å²) >= 11 is 0. The summed E-state index contributed by atoms with van der Waals surface area (Å²) in [4.78, 5) is 26.8. The van der Waals surface area contributed by atoms with Gasteiger partial charge in [0, 0.05) is 30.8 Å². The zero-order valence-corrected chi connectivity index (χ0v) is 16.8. The van der Waals surface area contributed by atoms with E-state index in [0.29, 0.717) is 24.5 Å². The minimum atomic E-state index is -0.134. The highest BCUT2D eigenvalue weighted by atomic mass is 16.2. The van der Waals surface area contributed by atoms with Crippen LogP contribution in [0.5, 0.6) is 0 Å². The van der Waals surface area contributed by atoms with Crippen LogP contribution >= 0.6 is 0 Å². The number of piperidine rings is 1. The number of hydrogen-bond acceptors (Lipinski definition) is 3. The van der Waals surface area contributed by atoms with E-state index in [2.05, 4.69) is 22.7 Å². The predicted octanol–water partition coefficient (Wildman–Crippen LogP) is 3.59. The van der Waals surface area contributed by atoms with Gasteiger partial charge in [0.15, 0.2) is 0 Å². The lowest BCUT2D eigenvalue weighted by molar-refractivity contribution is 0.102. The fourth-order valence-corrected chi connectivity index (χ4v) is 3.43. The van der Waals surface area contributed by atoms with Crippen LogP contribution in [-0.2, 0) is 0 Å². The maximum atomic E-state index is 12.6. The highest BCUT2D eigenvalue weighted by molar-refractivity contribution is 6.04. The largest absolute Gasteiger partial charge is 0.336 e. The molecule has 1 aliphatic heterocycles. The Hall–Kier alpha value is -2.83. The topological polar surface area (TPSA) is 79.3 Å². The molecule has 0 bridgehead atoms. The Balaban J connectivity index is 1.61. The van der Waals surface area contributed by atoms with E-state index in [1.807, 2.05) is 53.8 Å². The third-order valence-corrected chi connectivity index (χ3v) is 5.38. The summed E-state index contributed by atoms with van der Waals surface area (Å²) in [5, 5.41) is 10.4. The third kappa shape index (κ3) is 4.52. The summed E-state index contributed by atoms with van der Waals surface area (Å²) in [6, 6.07) is 9.68. The van der Waals surface area contributed by atoms with E-state index in [-0.39, 0.29) is 24.0 Å². The van der Waals surface area contributed by atoms with Gasteiger partial charge in [0.25, 0.3) is 5.91 Å². The average molecular weight is 383 g/mol. The summed E-state index contributed by atoms with van der Waals surface area (Å²) < 4.78 is 1.88. The summed E-state index contributed by atoms with van der Waals surface area (Å²) in [7, 11) is 0. The Labute approximate surface area is 166 Å². The first kappa shape index (κ1) is 19.9. The average Bonchev–Trinajstić information content (AvgIpc) is 3.16. The molecule has 2 N–H and O–H groups in total. The van der Waals surface area contributed by atoms with Crippen molar-refractivity contribution in [2.75, 3.05) is 18.4 Å². The molecule has 0 unspecified atom stereocenters. The number of carbonyl (C=O) groups is 2. The molecule has 7 heteroatoms. The van der Waals surface area contributed by atoms with Crippen LogP contribution in [0.2, 0.25) is 0 Å². The van der Waals surface area contributed by atoms with Gasteiger partial charge in [-0.05, 0) is 44.7 Å². The van der Waals surface area contributed by atoms with Crippen molar-refractivity contribution in [3.05, 3.63) is 47.7 Å². The molecular formula is C21H29N5O2. The molecular weight excluding hydrogens is 354 g/mol. The zero-order chi connectivity index (χ0) is 20.1. The molecule has 0 spiro atoms. The van der Waals surface area contributed by atoms with Gasteiger partial charge in [-0.3, -0.25) is 4.79 Å². The number of aromatic nitrogens is 2. The normalized spacial score (nSPS) is 15.9. The van der Waals surface area contributed by atoms with Gasteiger partial charge in [-0.15, -0.1) is 0 Å². The smallest absolute Gasteiger partial charge is 0.317 e. The van der Waals surface area contributed by atoms with Crippen LogP contribution in [0.3, 0.4) is 0 Å². The zero-order valence-electron chi connectivity index (χ0n) is 16.8. The molecule has 7 nitrogen and oxygen atoms in total. The number of benzene rings is 1. The van der Waals surface area contributed by atoms with Gasteiger partial charge in [-0.25, -0.2) is 9.48 Å². The van der Waals surface area contributed by atoms with Gasteiger partial charge >= 0.3 is 6.03 Å². The highest BCUT2D eigenvalue weighted by Crippen LogP contribution is 2.26. The number of anilines is 1. The lowest BCUT2D eigenvalue weighted by Crippen LogP contribution is -2.47. The van der Waals surface area contributed by atoms with Crippen LogP contribution < -0.4 is 10.6 Å². The molecule has 2 heterocycles. The van der Waals surface area contributed by atoms with Crippen molar-refractivity contribution in [1.82, 2.24) is 20.0 Å². The van der Waals surface area contributed by atoms with Gasteiger partial charge in [0.1, 0.15) is 5.82 Å². The first-order chi connectivity index (χ1) is 13.5. The Bertz CT molecular complexity index is 824. The number of rotatable bonds is 5. The molecule has 1 aromatic heterocycles. The molecule has 1 atom stereocenters. The van der Waals surface area contributed by atoms with Crippen molar-refractivity contribution in [2.45, 2.75) is 52.1 Å². The highest BCUT2D eigenvalue weighted by Gasteiger charge is 2.26. The molecule has 150 valence electrons. The number of carbonyl (C=O) groups excluding carboxylic acids is 2. The fraction of sp³-hybridized carbons (Fsp3) is 0.476. The molecule has 1 aliphatic rings. The summed E-state index contributed by atoms with van der Waals surface area (Å²) in [6.45, 7) is 7.35. The molecule has 1 saturated heterocycles. The van der Waals surface area contributed by atoms with Crippen molar-refractivity contribution in [3.63, 3.8) is 0 Å². The van der Waals surface area contributed by atoms with E-state index in [4.69, 9.17) is 0 Å². The Morgan fingerprint density at radius 1 is 1.21 bits per heavy atom. The molecule has 0 aliphatic carbocycles. The lowest BCUT2D eigenvalue weighted by Gasteiger charge is -2.33. The third-order valence-electron chi connectivity index (χ3n) is 5.38. The van der Waals surface area contributed by atoms with E-state index in [1.165, 1.54) is 0 Å². The van der Waals surface area contributed by atoms with Gasteiger partial charge in [-0.1, -0.05) is 25.1 Å². The summed E-state index contributed by atoms with van der Waals surface area (Å²) in [5.41, 5.74) is 1.60. The second kappa shape index (κ2) is 8.91. The van der Waals surface area contributed by atoms with E-state index in [0.717, 1.165) is 24.8 Å². The van der Waals surface area contributed by atoms with Crippen molar-refractivity contribution >= 4 is 17.8 Å². The van der Waals surface area contributed by atoms with Crippen LogP contribution in [0.1, 0.15) is 55.1 Å². The van der Waals surface area contributed by atoms with Crippen molar-refractivity contribution in [3.8, 4) is 0 Å². The first-order valence-electron chi connectivity index (χ1n) is 9.95. The standard InChI is InChI=1S/C21H29N5O2/c1-4-16(3)23-21(28)25-13-10-17(11-14-25)26-19(9-12-22-26)24-20(27)18-8-6-5-7-15(18)2/h5-9,12,16-17H,4,10-11,13-14H2,1-3H3,(H,23,28)(H,24,27)/t16-/m1/s1. The molecule has 0 saturated carbocycles. The Morgan fingerprint density at radius 3 is 2.61 bits per heavy atom. The predicted molar refractivity (Wildman–Crippen MR) is 109 cm³/mol. The van der Waals surface area contributed by atoms with Gasteiger partial charge in [0.05, 0.1) is 12.2 Å². The van der Waals surface area contributed by atoms with Crippen LogP contribution in [0.25, 0.3) is 0 Å². The quantitative estimate of drug-likeness (QED) is 0.828. The van der Waals surface area contributed by atoms with Crippen LogP contribution in [-0.4, -0.2) is 45.8 Å². The van der Waals surface area contributed by atoms with Crippen LogP contribution in [0, 0.1) is 6.92 Å². The summed E-state index contributed by atoms with van der Waals surface area (Å²) in [5.74, 6) is 0.556. The number of nitrogens with zero attached hydrogens (tertiary/aromatic N) is 3. The van der Waals surface area contributed by atoms with E-state index in [1.54, 1.807) is 6.20 Å². The fourth-order valence-electron chi connectivity index (χ4n) is 3.43. The number of likely N-dealkylation sites (tertiary alicyclic amines) is 1. The van der Waals surface area contributed by atoms with Crippen LogP contribution in [0.4, 0.5) is 10.6 Å². The van der Waals surface area contributed by atoms with Crippen molar-refractivity contribution in [1.29, 1.82) is 0 Å². The van der Waals surface area contributed by atoms with Crippen molar-refractivity contribution < 1.29 is 9.59 Å². The first-order valence-corrected chi connectivity index (χ1v) is 9.95. The van der Waals surface area contributed by atoms with E-state index in [9.17, 15) is 9.59 Å². The lowest BCUT2D eigenvalue weighted by atomic mass is 10.1. The second-order valence-electron chi connectivity index (χ2n) is 7.41. The van der Waals surface area contributed by atoms with E-state index < -0.39 is 0 Å². The van der Waals surface area contributed by atoms with Gasteiger partial charge in [-0.2, -0.15) is 5.10 Å². The molecule has 1 aromatic carbocycles. The molecule has 3 amide bonds. The number of aryl methyl sites for hydroxylation is 1. The molecule has 3 rings (SSSR count). The SMILES string of the molecule is CC[C@@H](C)NC(=O)N1CCC(n2nccc2NC(=O)c2ccccc2C)CC1. The minimum Gasteiger partial charge on any atom is -0.336 e. The number of urea groups is 1. The molecule has 0 radical (unpaired) electrons. The van der Waals surface area contributed by atoms with Gasteiger partial charge in [0.2, 0.25) is 0 Å². The number of nitrogens with one attached hydrogen (secondary N) is 2. The van der Waals surface area contributed by atoms with E-state index >= 15 is 0 Å². The Kier molecular flexibility index (Phi) is 6.34. The van der Waals surface area contributed by atoms with Crippen LogP contribution in [0.15, 0.2) is 36.5 Å². The van der Waals surface area contributed by atoms with Crippen molar-refractivity contribution in [2.24, 2.45) is 0 Å². The molecule has 1 fully saturated rings. The number of hydrogen-bond donors (Lipinski definition) is 2.